The number of Topliss-reactive ketones (excluding diaryl/α,β-unsaturated/α-hetero) is 1. The Labute approximate surface area is 211 Å². The van der Waals surface area contributed by atoms with Crippen molar-refractivity contribution in [3.05, 3.63) is 12.7 Å². The van der Waals surface area contributed by atoms with Crippen LogP contribution < -0.4 is 0 Å². The van der Waals surface area contributed by atoms with E-state index in [9.17, 15) is 19.8 Å². The quantitative estimate of drug-likeness (QED) is 0.434. The van der Waals surface area contributed by atoms with E-state index < -0.39 is 28.2 Å². The summed E-state index contributed by atoms with van der Waals surface area (Å²) in [5, 5.41) is 21.6. The van der Waals surface area contributed by atoms with Crippen LogP contribution in [-0.2, 0) is 9.59 Å². The molecule has 5 nitrogen and oxygen atoms in total. The highest BCUT2D eigenvalue weighted by Gasteiger charge is 2.68. The number of carbonyl (C=O) groups is 2. The summed E-state index contributed by atoms with van der Waals surface area (Å²) in [7, 11) is 0. The van der Waals surface area contributed by atoms with Crippen molar-refractivity contribution in [3.63, 3.8) is 0 Å². The molecule has 0 radical (unpaired) electrons. The number of nitrogens with zero attached hydrogens (tertiary/aromatic N) is 1. The Balaban J connectivity index is 2.11. The maximum atomic E-state index is 13.6. The Morgan fingerprint density at radius 3 is 2.47 bits per heavy atom. The van der Waals surface area contributed by atoms with E-state index in [0.717, 1.165) is 44.6 Å². The Morgan fingerprint density at radius 2 is 1.91 bits per heavy atom. The normalized spacial score (nSPS) is 43.2. The molecule has 0 aromatic heterocycles. The number of aliphatic hydroxyl groups is 1. The third kappa shape index (κ3) is 4.30. The van der Waals surface area contributed by atoms with Crippen molar-refractivity contribution in [1.82, 2.24) is 4.90 Å². The molecule has 2 bridgehead atoms. The zero-order valence-corrected chi connectivity index (χ0v) is 23.0. The number of carboxylic acid groups (broad SMARTS) is 1. The van der Waals surface area contributed by atoms with Crippen molar-refractivity contribution < 1.29 is 19.8 Å². The molecule has 0 aliphatic heterocycles. The van der Waals surface area contributed by atoms with Crippen LogP contribution in [-0.4, -0.2) is 63.6 Å². The van der Waals surface area contributed by atoms with E-state index >= 15 is 0 Å². The van der Waals surface area contributed by atoms with Crippen LogP contribution in [0.3, 0.4) is 0 Å². The fourth-order valence-corrected chi connectivity index (χ4v) is 9.51. The Morgan fingerprint density at radius 1 is 1.26 bits per heavy atom. The Kier molecular flexibility index (Phi) is 8.37. The molecule has 3 fully saturated rings. The molecule has 3 unspecified atom stereocenters. The van der Waals surface area contributed by atoms with Gasteiger partial charge in [-0.1, -0.05) is 47.6 Å². The molecule has 0 spiro atoms. The molecule has 9 atom stereocenters. The number of rotatable bonds is 9. The zero-order valence-electron chi connectivity index (χ0n) is 22.2. The summed E-state index contributed by atoms with van der Waals surface area (Å²) >= 11 is 1.53. The zero-order chi connectivity index (χ0) is 25.5. The van der Waals surface area contributed by atoms with Crippen LogP contribution in [0.15, 0.2) is 12.7 Å². The van der Waals surface area contributed by atoms with E-state index in [4.69, 9.17) is 0 Å². The van der Waals surface area contributed by atoms with Crippen molar-refractivity contribution in [2.75, 3.05) is 25.4 Å². The summed E-state index contributed by atoms with van der Waals surface area (Å²) in [6.07, 6.45) is 5.03. The van der Waals surface area contributed by atoms with Crippen LogP contribution in [0.4, 0.5) is 0 Å². The molecule has 0 heterocycles. The molecule has 0 saturated heterocycles. The van der Waals surface area contributed by atoms with Gasteiger partial charge in [-0.15, -0.1) is 18.3 Å². The molecule has 0 amide bonds. The van der Waals surface area contributed by atoms with Gasteiger partial charge in [0.05, 0.1) is 6.10 Å². The van der Waals surface area contributed by atoms with E-state index in [0.29, 0.717) is 12.8 Å². The van der Waals surface area contributed by atoms with Crippen LogP contribution in [0, 0.1) is 39.9 Å². The lowest BCUT2D eigenvalue weighted by atomic mass is 9.41. The molecule has 0 aromatic carbocycles. The number of hydrogen-bond acceptors (Lipinski definition) is 5. The van der Waals surface area contributed by atoms with E-state index in [1.807, 2.05) is 13.0 Å². The monoisotopic (exact) mass is 493 g/mol. The maximum Gasteiger partial charge on any atom is 0.316 e. The smallest absolute Gasteiger partial charge is 0.316 e. The highest BCUT2D eigenvalue weighted by molar-refractivity contribution is 8.00. The first-order valence-electron chi connectivity index (χ1n) is 13.3. The number of carbonyl (C=O) groups excluding carboxylic acids is 1. The molecule has 3 saturated carbocycles. The van der Waals surface area contributed by atoms with Gasteiger partial charge in [-0.2, -0.15) is 0 Å². The first-order valence-corrected chi connectivity index (χ1v) is 14.4. The van der Waals surface area contributed by atoms with Gasteiger partial charge in [0, 0.05) is 30.1 Å². The SMILES string of the molecule is C=C[C@]1(C)C[C@@H](C(SCCN(CC)CC)C(=O)O)C2(C)[C@H](C)CCC3(CCC(=O)[C@H]32)[C@@H](C)[C@@H]1O. The molecule has 3 aliphatic rings. The predicted molar refractivity (Wildman–Crippen MR) is 140 cm³/mol. The van der Waals surface area contributed by atoms with Crippen LogP contribution in [0.1, 0.15) is 73.6 Å². The minimum Gasteiger partial charge on any atom is -0.480 e. The first-order chi connectivity index (χ1) is 15.9. The van der Waals surface area contributed by atoms with Gasteiger partial charge in [-0.3, -0.25) is 9.59 Å². The van der Waals surface area contributed by atoms with E-state index in [1.54, 1.807) is 0 Å². The number of thioether (sulfide) groups is 1. The lowest BCUT2D eigenvalue weighted by Crippen LogP contribution is -2.62. The molecule has 3 rings (SSSR count). The molecule has 6 heteroatoms. The summed E-state index contributed by atoms with van der Waals surface area (Å²) in [5.41, 5.74) is -1.27. The van der Waals surface area contributed by atoms with Crippen LogP contribution >= 0.6 is 11.8 Å². The molecule has 2 N–H and O–H groups in total. The molecule has 194 valence electrons. The Bertz CT molecular complexity index is 784. The molecule has 3 aliphatic carbocycles. The van der Waals surface area contributed by atoms with E-state index in [2.05, 4.69) is 46.1 Å². The second kappa shape index (κ2) is 10.3. The fourth-order valence-electron chi connectivity index (χ4n) is 8.12. The van der Waals surface area contributed by atoms with Gasteiger partial charge in [0.1, 0.15) is 11.0 Å². The third-order valence-corrected chi connectivity index (χ3v) is 12.0. The molecule has 34 heavy (non-hydrogen) atoms. The van der Waals surface area contributed by atoms with Gasteiger partial charge in [0.2, 0.25) is 0 Å². The van der Waals surface area contributed by atoms with Gasteiger partial charge in [-0.25, -0.2) is 0 Å². The average Bonchev–Trinajstić information content (AvgIpc) is 3.17. The van der Waals surface area contributed by atoms with E-state index in [-0.39, 0.29) is 34.9 Å². The van der Waals surface area contributed by atoms with Gasteiger partial charge < -0.3 is 15.1 Å². The van der Waals surface area contributed by atoms with Crippen LogP contribution in [0.2, 0.25) is 0 Å². The predicted octanol–water partition coefficient (Wildman–Crippen LogP) is 5.13. The van der Waals surface area contributed by atoms with Gasteiger partial charge in [0.25, 0.3) is 0 Å². The highest BCUT2D eigenvalue weighted by atomic mass is 32.2. The van der Waals surface area contributed by atoms with Crippen molar-refractivity contribution in [2.24, 2.45) is 39.9 Å². The summed E-state index contributed by atoms with van der Waals surface area (Å²) in [6, 6.07) is 0. The number of aliphatic carboxylic acids is 1. The molecular weight excluding hydrogens is 446 g/mol. The van der Waals surface area contributed by atoms with Gasteiger partial charge >= 0.3 is 5.97 Å². The van der Waals surface area contributed by atoms with Crippen LogP contribution in [0.5, 0.6) is 0 Å². The number of hydrogen-bond donors (Lipinski definition) is 2. The number of carboxylic acids is 1. The van der Waals surface area contributed by atoms with Crippen molar-refractivity contribution in [3.8, 4) is 0 Å². The second-order valence-electron chi connectivity index (χ2n) is 11.8. The van der Waals surface area contributed by atoms with Gasteiger partial charge in [0.15, 0.2) is 0 Å². The number of ketones is 1. The largest absolute Gasteiger partial charge is 0.480 e. The summed E-state index contributed by atoms with van der Waals surface area (Å²) < 4.78 is 0. The molecule has 0 aromatic rings. The summed E-state index contributed by atoms with van der Waals surface area (Å²) in [4.78, 5) is 28.7. The maximum absolute atomic E-state index is 13.6. The highest BCUT2D eigenvalue weighted by Crippen LogP contribution is 2.69. The van der Waals surface area contributed by atoms with Crippen molar-refractivity contribution >= 4 is 23.5 Å². The average molecular weight is 494 g/mol. The third-order valence-electron chi connectivity index (χ3n) is 10.6. The van der Waals surface area contributed by atoms with E-state index in [1.165, 1.54) is 11.8 Å². The minimum absolute atomic E-state index is 0.0293. The minimum atomic E-state index is -0.792. The summed E-state index contributed by atoms with van der Waals surface area (Å²) in [5.74, 6) is 0.0543. The first kappa shape index (κ1) is 27.7. The van der Waals surface area contributed by atoms with Crippen molar-refractivity contribution in [2.45, 2.75) is 85.0 Å². The Hall–Kier alpha value is -0.850. The van der Waals surface area contributed by atoms with Crippen LogP contribution in [0.25, 0.3) is 0 Å². The topological polar surface area (TPSA) is 77.8 Å². The van der Waals surface area contributed by atoms with Gasteiger partial charge in [-0.05, 0) is 67.4 Å². The summed E-state index contributed by atoms with van der Waals surface area (Å²) in [6.45, 7) is 19.7. The lowest BCUT2D eigenvalue weighted by Gasteiger charge is -2.63. The number of aliphatic hydroxyl groups excluding tert-OH is 1. The fraction of sp³-hybridized carbons (Fsp3) is 0.857. The second-order valence-corrected chi connectivity index (χ2v) is 13.1. The van der Waals surface area contributed by atoms with Crippen molar-refractivity contribution in [1.29, 1.82) is 0 Å². The lowest BCUT2D eigenvalue weighted by molar-refractivity contribution is -0.178. The molecular formula is C28H47NO4S. The standard InChI is InChI=1S/C28H47NO4S/c1-8-26(6)17-20(22(25(32)33)34-16-15-29(9-2)10-3)27(7)18(4)11-13-28(19(5)24(26)31)14-12-21(30)23(27)28/h8,18-20,22-24,31H,1,9-17H2,2-7H3,(H,32,33)/t18-,19+,20+,22?,23+,24+,26-,27?,28?/m1/s1.